The fourth-order valence-corrected chi connectivity index (χ4v) is 1.68. The van der Waals surface area contributed by atoms with Crippen molar-refractivity contribution in [1.29, 1.82) is 0 Å². The molecule has 0 saturated carbocycles. The zero-order chi connectivity index (χ0) is 14.3. The van der Waals surface area contributed by atoms with E-state index in [9.17, 15) is 18.0 Å². The van der Waals surface area contributed by atoms with Crippen LogP contribution in [0.3, 0.4) is 0 Å². The first kappa shape index (κ1) is 15.5. The molecular formula is C13H17F3N2O. The Hall–Kier alpha value is -1.56. The predicted octanol–water partition coefficient (Wildman–Crippen LogP) is 1.89. The largest absolute Gasteiger partial charge is 0.408 e. The fourth-order valence-electron chi connectivity index (χ4n) is 1.68. The first-order valence-electron chi connectivity index (χ1n) is 5.98. The number of nitrogens with one attached hydrogen (secondary N) is 2. The lowest BCUT2D eigenvalue weighted by atomic mass is 10.0. The zero-order valence-electron chi connectivity index (χ0n) is 10.6. The summed E-state index contributed by atoms with van der Waals surface area (Å²) < 4.78 is 38.4. The van der Waals surface area contributed by atoms with Crippen LogP contribution in [0.1, 0.15) is 12.0 Å². The third-order valence-corrected chi connectivity index (χ3v) is 2.63. The van der Waals surface area contributed by atoms with Gasteiger partial charge in [-0.2, -0.15) is 13.2 Å². The van der Waals surface area contributed by atoms with E-state index in [0.717, 1.165) is 5.56 Å². The van der Waals surface area contributed by atoms with Gasteiger partial charge < -0.3 is 10.6 Å². The number of benzene rings is 1. The number of rotatable bonds is 6. The Morgan fingerprint density at radius 1 is 1.26 bits per heavy atom. The molecule has 0 heterocycles. The lowest BCUT2D eigenvalue weighted by Gasteiger charge is -2.21. The molecule has 1 rings (SSSR count). The highest BCUT2D eigenvalue weighted by Crippen LogP contribution is 2.23. The Kier molecular flexibility index (Phi) is 5.82. The van der Waals surface area contributed by atoms with Crippen LogP contribution in [0, 0.1) is 0 Å². The second-order valence-corrected chi connectivity index (χ2v) is 4.22. The van der Waals surface area contributed by atoms with Crippen molar-refractivity contribution in [3.05, 3.63) is 35.9 Å². The standard InChI is InChI=1S/C13H17F3N2O/c1-17-9-12(19)18-11(13(14,15)16)8-7-10-5-3-2-4-6-10/h2-6,11,17H,7-9H2,1H3,(H,18,19). The smallest absolute Gasteiger partial charge is 0.343 e. The lowest BCUT2D eigenvalue weighted by Crippen LogP contribution is -2.48. The maximum absolute atomic E-state index is 12.8. The molecule has 0 spiro atoms. The fraction of sp³-hybridized carbons (Fsp3) is 0.462. The molecule has 106 valence electrons. The van der Waals surface area contributed by atoms with E-state index in [4.69, 9.17) is 0 Å². The van der Waals surface area contributed by atoms with Gasteiger partial charge in [0.25, 0.3) is 0 Å². The van der Waals surface area contributed by atoms with E-state index in [-0.39, 0.29) is 19.4 Å². The maximum atomic E-state index is 12.8. The number of amides is 1. The SMILES string of the molecule is CNCC(=O)NC(CCc1ccccc1)C(F)(F)F. The molecule has 0 aliphatic rings. The van der Waals surface area contributed by atoms with Gasteiger partial charge in [-0.15, -0.1) is 0 Å². The van der Waals surface area contributed by atoms with Crippen LogP contribution >= 0.6 is 0 Å². The van der Waals surface area contributed by atoms with Gasteiger partial charge in [-0.1, -0.05) is 30.3 Å². The van der Waals surface area contributed by atoms with E-state index in [1.807, 2.05) is 5.32 Å². The molecule has 1 unspecified atom stereocenters. The normalized spacial score (nSPS) is 13.1. The molecule has 1 amide bonds. The van der Waals surface area contributed by atoms with E-state index < -0.39 is 18.1 Å². The van der Waals surface area contributed by atoms with E-state index in [0.29, 0.717) is 0 Å². The first-order chi connectivity index (χ1) is 8.93. The minimum absolute atomic E-state index is 0.127. The first-order valence-corrected chi connectivity index (χ1v) is 5.98. The molecule has 3 nitrogen and oxygen atoms in total. The molecule has 2 N–H and O–H groups in total. The molecule has 19 heavy (non-hydrogen) atoms. The van der Waals surface area contributed by atoms with E-state index in [2.05, 4.69) is 5.32 Å². The summed E-state index contributed by atoms with van der Waals surface area (Å²) in [5.74, 6) is -0.655. The van der Waals surface area contributed by atoms with Crippen molar-refractivity contribution in [2.24, 2.45) is 0 Å². The average molecular weight is 274 g/mol. The van der Waals surface area contributed by atoms with Crippen LogP contribution in [0.15, 0.2) is 30.3 Å². The van der Waals surface area contributed by atoms with Gasteiger partial charge in [-0.05, 0) is 25.5 Å². The van der Waals surface area contributed by atoms with Gasteiger partial charge in [0, 0.05) is 0 Å². The Balaban J connectivity index is 2.58. The molecular weight excluding hydrogens is 257 g/mol. The predicted molar refractivity (Wildman–Crippen MR) is 66.7 cm³/mol. The van der Waals surface area contributed by atoms with Crippen molar-refractivity contribution < 1.29 is 18.0 Å². The van der Waals surface area contributed by atoms with Crippen molar-refractivity contribution in [3.63, 3.8) is 0 Å². The van der Waals surface area contributed by atoms with Gasteiger partial charge in [0.2, 0.25) is 5.91 Å². The van der Waals surface area contributed by atoms with E-state index in [1.165, 1.54) is 7.05 Å². The van der Waals surface area contributed by atoms with Crippen LogP contribution in [0.4, 0.5) is 13.2 Å². The van der Waals surface area contributed by atoms with Gasteiger partial charge in [0.05, 0.1) is 6.54 Å². The minimum Gasteiger partial charge on any atom is -0.343 e. The summed E-state index contributed by atoms with van der Waals surface area (Å²) >= 11 is 0. The van der Waals surface area contributed by atoms with Crippen LogP contribution in [-0.4, -0.2) is 31.7 Å². The topological polar surface area (TPSA) is 41.1 Å². The summed E-state index contributed by atoms with van der Waals surface area (Å²) in [6.07, 6.45) is -4.33. The number of hydrogen-bond donors (Lipinski definition) is 2. The van der Waals surface area contributed by atoms with Crippen molar-refractivity contribution in [3.8, 4) is 0 Å². The van der Waals surface area contributed by atoms with Gasteiger partial charge in [0.1, 0.15) is 6.04 Å². The maximum Gasteiger partial charge on any atom is 0.408 e. The zero-order valence-corrected chi connectivity index (χ0v) is 10.6. The quantitative estimate of drug-likeness (QED) is 0.831. The molecule has 1 aromatic carbocycles. The minimum atomic E-state index is -4.43. The number of hydrogen-bond acceptors (Lipinski definition) is 2. The molecule has 0 fully saturated rings. The van der Waals surface area contributed by atoms with Crippen molar-refractivity contribution in [2.45, 2.75) is 25.1 Å². The van der Waals surface area contributed by atoms with Gasteiger partial charge >= 0.3 is 6.18 Å². The third-order valence-electron chi connectivity index (χ3n) is 2.63. The molecule has 0 aromatic heterocycles. The Labute approximate surface area is 110 Å². The Bertz CT molecular complexity index is 393. The molecule has 0 radical (unpaired) electrons. The number of halogens is 3. The summed E-state index contributed by atoms with van der Waals surface area (Å²) in [6.45, 7) is -0.127. The average Bonchev–Trinajstić information content (AvgIpc) is 2.34. The number of carbonyl (C=O) groups excluding carboxylic acids is 1. The summed E-state index contributed by atoms with van der Waals surface area (Å²) in [4.78, 5) is 11.2. The molecule has 6 heteroatoms. The summed E-state index contributed by atoms with van der Waals surface area (Å²) in [7, 11) is 1.51. The molecule has 0 saturated heterocycles. The highest BCUT2D eigenvalue weighted by atomic mass is 19.4. The van der Waals surface area contributed by atoms with Crippen LogP contribution in [-0.2, 0) is 11.2 Å². The highest BCUT2D eigenvalue weighted by Gasteiger charge is 2.39. The second kappa shape index (κ2) is 7.13. The lowest BCUT2D eigenvalue weighted by molar-refractivity contribution is -0.162. The van der Waals surface area contributed by atoms with Crippen molar-refractivity contribution in [1.82, 2.24) is 10.6 Å². The van der Waals surface area contributed by atoms with Gasteiger partial charge in [-0.3, -0.25) is 4.79 Å². The van der Waals surface area contributed by atoms with E-state index in [1.54, 1.807) is 30.3 Å². The number of carbonyl (C=O) groups is 1. The highest BCUT2D eigenvalue weighted by molar-refractivity contribution is 5.78. The molecule has 1 atom stereocenters. The van der Waals surface area contributed by atoms with E-state index >= 15 is 0 Å². The molecule has 0 bridgehead atoms. The van der Waals surface area contributed by atoms with Gasteiger partial charge in [-0.25, -0.2) is 0 Å². The molecule has 1 aromatic rings. The third kappa shape index (κ3) is 5.74. The van der Waals surface area contributed by atoms with Crippen molar-refractivity contribution >= 4 is 5.91 Å². The van der Waals surface area contributed by atoms with Crippen LogP contribution in [0.5, 0.6) is 0 Å². The Morgan fingerprint density at radius 3 is 2.42 bits per heavy atom. The summed E-state index contributed by atoms with van der Waals surface area (Å²) in [6, 6.07) is 7.08. The summed E-state index contributed by atoms with van der Waals surface area (Å²) in [5.41, 5.74) is 0.819. The van der Waals surface area contributed by atoms with Crippen LogP contribution < -0.4 is 10.6 Å². The monoisotopic (exact) mass is 274 g/mol. The molecule has 0 aliphatic carbocycles. The number of aryl methyl sites for hydroxylation is 1. The number of likely N-dealkylation sites (N-methyl/N-ethyl adjacent to an activating group) is 1. The second-order valence-electron chi connectivity index (χ2n) is 4.22. The van der Waals surface area contributed by atoms with Crippen LogP contribution in [0.2, 0.25) is 0 Å². The summed E-state index contributed by atoms with van der Waals surface area (Å²) in [5, 5.41) is 4.52. The molecule has 0 aliphatic heterocycles. The number of alkyl halides is 3. The Morgan fingerprint density at radius 2 is 1.89 bits per heavy atom. The van der Waals surface area contributed by atoms with Crippen molar-refractivity contribution in [2.75, 3.05) is 13.6 Å². The van der Waals surface area contributed by atoms with Crippen LogP contribution in [0.25, 0.3) is 0 Å². The van der Waals surface area contributed by atoms with Gasteiger partial charge in [0.15, 0.2) is 0 Å².